The van der Waals surface area contributed by atoms with Crippen molar-refractivity contribution >= 4 is 10.9 Å². The van der Waals surface area contributed by atoms with E-state index in [-0.39, 0.29) is 0 Å². The molecule has 0 bridgehead atoms. The van der Waals surface area contributed by atoms with Gasteiger partial charge in [-0.3, -0.25) is 4.90 Å². The first-order valence-corrected chi connectivity index (χ1v) is 7.71. The lowest BCUT2D eigenvalue weighted by Crippen LogP contribution is -2.38. The average Bonchev–Trinajstić information content (AvgIpc) is 2.80. The molecule has 0 spiro atoms. The first kappa shape index (κ1) is 15.8. The number of rotatable bonds is 6. The van der Waals surface area contributed by atoms with Gasteiger partial charge in [-0.25, -0.2) is 4.98 Å². The van der Waals surface area contributed by atoms with Crippen molar-refractivity contribution in [2.75, 3.05) is 13.7 Å². The van der Waals surface area contributed by atoms with E-state index in [1.807, 2.05) is 6.92 Å². The standard InChI is InChI=1S/C17H27N3O/c1-11(2)20(12(3)4)8-7-14-10-18-15-9-13(5)19-17(21-6)16(14)15/h9-12,18H,7-8H2,1-6H3. The molecule has 0 radical (unpaired) electrons. The van der Waals surface area contributed by atoms with Gasteiger partial charge in [0.2, 0.25) is 5.88 Å². The summed E-state index contributed by atoms with van der Waals surface area (Å²) in [4.78, 5) is 10.3. The topological polar surface area (TPSA) is 41.1 Å². The van der Waals surface area contributed by atoms with Crippen LogP contribution in [0.4, 0.5) is 0 Å². The molecule has 21 heavy (non-hydrogen) atoms. The van der Waals surface area contributed by atoms with Crippen LogP contribution in [0.1, 0.15) is 39.0 Å². The number of methoxy groups -OCH3 is 1. The summed E-state index contributed by atoms with van der Waals surface area (Å²) in [7, 11) is 1.69. The number of fused-ring (bicyclic) bond motifs is 1. The quantitative estimate of drug-likeness (QED) is 0.884. The van der Waals surface area contributed by atoms with Crippen molar-refractivity contribution in [3.63, 3.8) is 0 Å². The summed E-state index contributed by atoms with van der Waals surface area (Å²) in [5.41, 5.74) is 3.36. The molecule has 2 aromatic heterocycles. The van der Waals surface area contributed by atoms with Crippen LogP contribution in [0.25, 0.3) is 10.9 Å². The summed E-state index contributed by atoms with van der Waals surface area (Å²) in [6.07, 6.45) is 3.09. The molecule has 0 saturated heterocycles. The van der Waals surface area contributed by atoms with Crippen LogP contribution in [0.15, 0.2) is 12.3 Å². The number of hydrogen-bond donors (Lipinski definition) is 1. The highest BCUT2D eigenvalue weighted by Gasteiger charge is 2.16. The predicted molar refractivity (Wildman–Crippen MR) is 88.1 cm³/mol. The molecule has 0 amide bonds. The Morgan fingerprint density at radius 1 is 1.24 bits per heavy atom. The second-order valence-electron chi connectivity index (χ2n) is 6.18. The zero-order chi connectivity index (χ0) is 15.6. The number of nitrogens with zero attached hydrogens (tertiary/aromatic N) is 2. The summed E-state index contributed by atoms with van der Waals surface area (Å²) >= 11 is 0. The van der Waals surface area contributed by atoms with Crippen molar-refractivity contribution in [3.05, 3.63) is 23.5 Å². The fourth-order valence-corrected chi connectivity index (χ4v) is 3.01. The molecule has 0 saturated carbocycles. The van der Waals surface area contributed by atoms with Crippen LogP contribution < -0.4 is 4.74 Å². The minimum Gasteiger partial charge on any atom is -0.480 e. The third kappa shape index (κ3) is 3.38. The minimum absolute atomic E-state index is 0.553. The van der Waals surface area contributed by atoms with Crippen molar-refractivity contribution in [2.45, 2.75) is 53.1 Å². The molecule has 2 aromatic rings. The predicted octanol–water partition coefficient (Wildman–Crippen LogP) is 3.54. The highest BCUT2D eigenvalue weighted by atomic mass is 16.5. The second kappa shape index (κ2) is 6.48. The molecule has 0 aliphatic heterocycles. The van der Waals surface area contributed by atoms with Gasteiger partial charge in [0.05, 0.1) is 18.0 Å². The number of pyridine rings is 1. The van der Waals surface area contributed by atoms with Crippen LogP contribution in [0.5, 0.6) is 5.88 Å². The van der Waals surface area contributed by atoms with Gasteiger partial charge in [-0.1, -0.05) is 0 Å². The maximum absolute atomic E-state index is 5.46. The number of aromatic nitrogens is 2. The number of H-pyrrole nitrogens is 1. The average molecular weight is 289 g/mol. The smallest absolute Gasteiger partial charge is 0.223 e. The highest BCUT2D eigenvalue weighted by Crippen LogP contribution is 2.28. The SMILES string of the molecule is COc1nc(C)cc2[nH]cc(CCN(C(C)C)C(C)C)c12. The monoisotopic (exact) mass is 289 g/mol. The maximum Gasteiger partial charge on any atom is 0.223 e. The van der Waals surface area contributed by atoms with Gasteiger partial charge in [0.15, 0.2) is 0 Å². The van der Waals surface area contributed by atoms with E-state index in [1.165, 1.54) is 5.56 Å². The summed E-state index contributed by atoms with van der Waals surface area (Å²) in [5, 5.41) is 1.12. The zero-order valence-electron chi connectivity index (χ0n) is 14.0. The van der Waals surface area contributed by atoms with Gasteiger partial charge in [-0.15, -0.1) is 0 Å². The van der Waals surface area contributed by atoms with Crippen LogP contribution in [0.3, 0.4) is 0 Å². The molecular formula is C17H27N3O. The Labute approximate surface area is 127 Å². The van der Waals surface area contributed by atoms with Crippen molar-refractivity contribution in [3.8, 4) is 5.88 Å². The Kier molecular flexibility index (Phi) is 4.88. The van der Waals surface area contributed by atoms with E-state index in [2.05, 4.69) is 54.8 Å². The molecule has 4 nitrogen and oxygen atoms in total. The van der Waals surface area contributed by atoms with E-state index in [1.54, 1.807) is 7.11 Å². The first-order valence-electron chi connectivity index (χ1n) is 7.71. The molecular weight excluding hydrogens is 262 g/mol. The number of hydrogen-bond acceptors (Lipinski definition) is 3. The summed E-state index contributed by atoms with van der Waals surface area (Å²) < 4.78 is 5.46. The molecule has 1 N–H and O–H groups in total. The molecule has 0 aliphatic rings. The van der Waals surface area contributed by atoms with E-state index in [9.17, 15) is 0 Å². The van der Waals surface area contributed by atoms with E-state index in [4.69, 9.17) is 4.74 Å². The van der Waals surface area contributed by atoms with Gasteiger partial charge < -0.3 is 9.72 Å². The fraction of sp³-hybridized carbons (Fsp3) is 0.588. The van der Waals surface area contributed by atoms with Gasteiger partial charge in [-0.2, -0.15) is 0 Å². The van der Waals surface area contributed by atoms with Crippen LogP contribution in [-0.4, -0.2) is 40.6 Å². The number of ether oxygens (including phenoxy) is 1. The molecule has 116 valence electrons. The molecule has 2 heterocycles. The van der Waals surface area contributed by atoms with Gasteiger partial charge in [0.1, 0.15) is 0 Å². The molecule has 2 rings (SSSR count). The molecule has 4 heteroatoms. The van der Waals surface area contributed by atoms with E-state index >= 15 is 0 Å². The van der Waals surface area contributed by atoms with Crippen LogP contribution in [0, 0.1) is 6.92 Å². The van der Waals surface area contributed by atoms with Crippen LogP contribution in [-0.2, 0) is 6.42 Å². The number of aromatic amines is 1. The normalized spacial score (nSPS) is 12.0. The molecule has 0 unspecified atom stereocenters. The van der Waals surface area contributed by atoms with Gasteiger partial charge in [0.25, 0.3) is 0 Å². The zero-order valence-corrected chi connectivity index (χ0v) is 14.0. The Morgan fingerprint density at radius 3 is 2.48 bits per heavy atom. The molecule has 0 atom stereocenters. The Balaban J connectivity index is 2.27. The lowest BCUT2D eigenvalue weighted by Gasteiger charge is -2.30. The number of nitrogens with one attached hydrogen (secondary N) is 1. The van der Waals surface area contributed by atoms with Crippen molar-refractivity contribution in [1.29, 1.82) is 0 Å². The molecule has 0 aliphatic carbocycles. The molecule has 0 aromatic carbocycles. The third-order valence-corrected chi connectivity index (χ3v) is 4.00. The third-order valence-electron chi connectivity index (χ3n) is 4.00. The summed E-state index contributed by atoms with van der Waals surface area (Å²) in [6.45, 7) is 12.0. The van der Waals surface area contributed by atoms with Crippen molar-refractivity contribution in [2.24, 2.45) is 0 Å². The minimum atomic E-state index is 0.553. The van der Waals surface area contributed by atoms with E-state index in [0.29, 0.717) is 12.1 Å². The summed E-state index contributed by atoms with van der Waals surface area (Å²) in [6, 6.07) is 3.18. The highest BCUT2D eigenvalue weighted by molar-refractivity contribution is 5.88. The lowest BCUT2D eigenvalue weighted by atomic mass is 10.1. The van der Waals surface area contributed by atoms with E-state index < -0.39 is 0 Å². The van der Waals surface area contributed by atoms with Crippen molar-refractivity contribution < 1.29 is 4.74 Å². The fourth-order valence-electron chi connectivity index (χ4n) is 3.01. The van der Waals surface area contributed by atoms with Gasteiger partial charge in [-0.05, 0) is 52.7 Å². The lowest BCUT2D eigenvalue weighted by molar-refractivity contribution is 0.177. The summed E-state index contributed by atoms with van der Waals surface area (Å²) in [5.74, 6) is 0.724. The van der Waals surface area contributed by atoms with Crippen LogP contribution in [0.2, 0.25) is 0 Å². The van der Waals surface area contributed by atoms with E-state index in [0.717, 1.165) is 35.4 Å². The Hall–Kier alpha value is -1.55. The van der Waals surface area contributed by atoms with Gasteiger partial charge >= 0.3 is 0 Å². The van der Waals surface area contributed by atoms with Crippen molar-refractivity contribution in [1.82, 2.24) is 14.9 Å². The number of aryl methyl sites for hydroxylation is 1. The Bertz CT molecular complexity index is 593. The largest absolute Gasteiger partial charge is 0.480 e. The maximum atomic E-state index is 5.46. The van der Waals surface area contributed by atoms with Gasteiger partial charge in [0, 0.05) is 30.5 Å². The first-order chi connectivity index (χ1) is 9.93. The molecule has 0 fully saturated rings. The Morgan fingerprint density at radius 2 is 1.90 bits per heavy atom. The van der Waals surface area contributed by atoms with Crippen LogP contribution >= 0.6 is 0 Å². The second-order valence-corrected chi connectivity index (χ2v) is 6.18.